The Morgan fingerprint density at radius 3 is 3.11 bits per heavy atom. The van der Waals surface area contributed by atoms with Gasteiger partial charge in [-0.3, -0.25) is 9.69 Å². The fraction of sp³-hybridized carbons (Fsp3) is 0.615. The van der Waals surface area contributed by atoms with Gasteiger partial charge >= 0.3 is 0 Å². The minimum atomic E-state index is -0.0304. The summed E-state index contributed by atoms with van der Waals surface area (Å²) in [6.07, 6.45) is 3.20. The maximum Gasteiger partial charge on any atom is 0.237 e. The van der Waals surface area contributed by atoms with Crippen LogP contribution in [-0.4, -0.2) is 37.0 Å². The lowest BCUT2D eigenvalue weighted by Crippen LogP contribution is -2.51. The molecule has 0 bridgehead atoms. The van der Waals surface area contributed by atoms with E-state index in [1.54, 1.807) is 18.4 Å². The molecule has 2 unspecified atom stereocenters. The van der Waals surface area contributed by atoms with Crippen molar-refractivity contribution in [2.24, 2.45) is 5.73 Å². The third kappa shape index (κ3) is 2.74. The highest BCUT2D eigenvalue weighted by Crippen LogP contribution is 2.29. The molecule has 1 aliphatic heterocycles. The van der Waals surface area contributed by atoms with E-state index in [0.717, 1.165) is 25.8 Å². The fourth-order valence-electron chi connectivity index (χ4n) is 2.70. The van der Waals surface area contributed by atoms with Crippen molar-refractivity contribution in [2.45, 2.75) is 31.3 Å². The number of likely N-dealkylation sites (tertiary alicyclic amines) is 1. The number of piperidine rings is 1. The maximum atomic E-state index is 12.0. The van der Waals surface area contributed by atoms with Crippen LogP contribution >= 0.6 is 11.3 Å². The summed E-state index contributed by atoms with van der Waals surface area (Å²) in [5.74, 6) is 0.114. The molecule has 0 saturated carbocycles. The Balaban J connectivity index is 2.19. The van der Waals surface area contributed by atoms with E-state index < -0.39 is 0 Å². The maximum absolute atomic E-state index is 12.0. The van der Waals surface area contributed by atoms with Gasteiger partial charge < -0.3 is 11.1 Å². The first-order valence-corrected chi connectivity index (χ1v) is 7.41. The zero-order chi connectivity index (χ0) is 13.0. The summed E-state index contributed by atoms with van der Waals surface area (Å²) in [6.45, 7) is 1.51. The summed E-state index contributed by atoms with van der Waals surface area (Å²) in [6, 6.07) is 2.24. The van der Waals surface area contributed by atoms with Crippen LogP contribution in [0.5, 0.6) is 0 Å². The minimum absolute atomic E-state index is 0.0304. The first-order chi connectivity index (χ1) is 8.77. The smallest absolute Gasteiger partial charge is 0.237 e. The number of likely N-dealkylation sites (N-methyl/N-ethyl adjacent to an activating group) is 1. The number of nitrogens with two attached hydrogens (primary N) is 1. The van der Waals surface area contributed by atoms with Crippen LogP contribution in [0.2, 0.25) is 0 Å². The Kier molecular flexibility index (Phi) is 4.74. The van der Waals surface area contributed by atoms with Crippen molar-refractivity contribution in [3.63, 3.8) is 0 Å². The average Bonchev–Trinajstić information content (AvgIpc) is 2.93. The number of hydrogen-bond donors (Lipinski definition) is 2. The second-order valence-corrected chi connectivity index (χ2v) is 5.45. The highest BCUT2D eigenvalue weighted by Gasteiger charge is 2.33. The van der Waals surface area contributed by atoms with Crippen molar-refractivity contribution < 1.29 is 4.79 Å². The average molecular weight is 267 g/mol. The van der Waals surface area contributed by atoms with Gasteiger partial charge in [0.15, 0.2) is 0 Å². The van der Waals surface area contributed by atoms with Crippen molar-refractivity contribution in [2.75, 3.05) is 20.1 Å². The lowest BCUT2D eigenvalue weighted by Gasteiger charge is -2.39. The first kappa shape index (κ1) is 13.5. The molecule has 2 atom stereocenters. The zero-order valence-electron chi connectivity index (χ0n) is 10.8. The standard InChI is InChI=1S/C13H21N3OS/c1-15-13(17)11-4-2-3-6-16(11)12(8-14)10-5-7-18-9-10/h5,7,9,11-12H,2-4,6,8,14H2,1H3,(H,15,17). The Labute approximate surface area is 112 Å². The van der Waals surface area contributed by atoms with E-state index in [0.29, 0.717) is 6.54 Å². The normalized spacial score (nSPS) is 22.7. The molecule has 18 heavy (non-hydrogen) atoms. The second-order valence-electron chi connectivity index (χ2n) is 4.67. The van der Waals surface area contributed by atoms with E-state index in [-0.39, 0.29) is 18.0 Å². The van der Waals surface area contributed by atoms with Crippen LogP contribution < -0.4 is 11.1 Å². The van der Waals surface area contributed by atoms with Gasteiger partial charge in [-0.1, -0.05) is 6.42 Å². The molecule has 1 saturated heterocycles. The zero-order valence-corrected chi connectivity index (χ0v) is 11.6. The molecule has 2 heterocycles. The summed E-state index contributed by atoms with van der Waals surface area (Å²) in [5.41, 5.74) is 7.16. The SMILES string of the molecule is CNC(=O)C1CCCCN1C(CN)c1ccsc1. The number of carbonyl (C=O) groups is 1. The van der Waals surface area contributed by atoms with Crippen LogP contribution in [0, 0.1) is 0 Å². The number of hydrogen-bond acceptors (Lipinski definition) is 4. The topological polar surface area (TPSA) is 58.4 Å². The summed E-state index contributed by atoms with van der Waals surface area (Å²) in [4.78, 5) is 14.2. The predicted molar refractivity (Wildman–Crippen MR) is 74.5 cm³/mol. The Hall–Kier alpha value is -0.910. The van der Waals surface area contributed by atoms with Crippen LogP contribution in [0.4, 0.5) is 0 Å². The minimum Gasteiger partial charge on any atom is -0.358 e. The van der Waals surface area contributed by atoms with Crippen molar-refractivity contribution in [1.29, 1.82) is 0 Å². The number of amides is 1. The van der Waals surface area contributed by atoms with Gasteiger partial charge in [0.05, 0.1) is 6.04 Å². The lowest BCUT2D eigenvalue weighted by molar-refractivity contribution is -0.128. The molecule has 0 radical (unpaired) electrons. The van der Waals surface area contributed by atoms with Crippen LogP contribution in [0.3, 0.4) is 0 Å². The van der Waals surface area contributed by atoms with Crippen LogP contribution in [0.15, 0.2) is 16.8 Å². The molecule has 100 valence electrons. The predicted octanol–water partition coefficient (Wildman–Crippen LogP) is 1.35. The van der Waals surface area contributed by atoms with Crippen molar-refractivity contribution in [1.82, 2.24) is 10.2 Å². The van der Waals surface area contributed by atoms with Crippen molar-refractivity contribution in [3.8, 4) is 0 Å². The van der Waals surface area contributed by atoms with Crippen molar-refractivity contribution in [3.05, 3.63) is 22.4 Å². The first-order valence-electron chi connectivity index (χ1n) is 6.47. The number of nitrogens with one attached hydrogen (secondary N) is 1. The third-order valence-electron chi connectivity index (χ3n) is 3.64. The molecule has 0 spiro atoms. The van der Waals surface area contributed by atoms with Gasteiger partial charge in [-0.25, -0.2) is 0 Å². The fourth-order valence-corrected chi connectivity index (χ4v) is 3.41. The summed E-state index contributed by atoms with van der Waals surface area (Å²) >= 11 is 1.68. The molecule has 1 aliphatic rings. The molecule has 1 amide bonds. The van der Waals surface area contributed by atoms with Crippen LogP contribution in [0.1, 0.15) is 30.9 Å². The van der Waals surface area contributed by atoms with Gasteiger partial charge in [0.2, 0.25) is 5.91 Å². The molecule has 2 rings (SSSR count). The summed E-state index contributed by atoms with van der Waals surface area (Å²) in [7, 11) is 1.71. The second kappa shape index (κ2) is 6.31. The molecular formula is C13H21N3OS. The number of rotatable bonds is 4. The molecule has 3 N–H and O–H groups in total. The lowest BCUT2D eigenvalue weighted by atomic mass is 9.97. The number of thiophene rings is 1. The quantitative estimate of drug-likeness (QED) is 0.866. The van der Waals surface area contributed by atoms with Crippen molar-refractivity contribution >= 4 is 17.2 Å². The van der Waals surface area contributed by atoms with Gasteiger partial charge in [0.25, 0.3) is 0 Å². The number of nitrogens with zero attached hydrogens (tertiary/aromatic N) is 1. The Morgan fingerprint density at radius 1 is 1.67 bits per heavy atom. The Morgan fingerprint density at radius 2 is 2.50 bits per heavy atom. The molecule has 5 heteroatoms. The Bertz CT molecular complexity index is 380. The van der Waals surface area contributed by atoms with E-state index in [2.05, 4.69) is 27.0 Å². The molecular weight excluding hydrogens is 246 g/mol. The van der Waals surface area contributed by atoms with E-state index >= 15 is 0 Å². The molecule has 4 nitrogen and oxygen atoms in total. The largest absolute Gasteiger partial charge is 0.358 e. The highest BCUT2D eigenvalue weighted by atomic mass is 32.1. The monoisotopic (exact) mass is 267 g/mol. The summed E-state index contributed by atoms with van der Waals surface area (Å²) < 4.78 is 0. The third-order valence-corrected chi connectivity index (χ3v) is 4.35. The molecule has 1 aromatic heterocycles. The van der Waals surface area contributed by atoms with Gasteiger partial charge in [0.1, 0.15) is 0 Å². The van der Waals surface area contributed by atoms with Gasteiger partial charge in [-0.15, -0.1) is 0 Å². The molecule has 0 aliphatic carbocycles. The molecule has 1 fully saturated rings. The van der Waals surface area contributed by atoms with Gasteiger partial charge in [-0.2, -0.15) is 11.3 Å². The summed E-state index contributed by atoms with van der Waals surface area (Å²) in [5, 5.41) is 6.97. The molecule has 0 aromatic carbocycles. The van der Waals surface area contributed by atoms with E-state index in [1.807, 2.05) is 0 Å². The number of carbonyl (C=O) groups excluding carboxylic acids is 1. The van der Waals surface area contributed by atoms with Gasteiger partial charge in [0, 0.05) is 19.6 Å². The van der Waals surface area contributed by atoms with E-state index in [9.17, 15) is 4.79 Å². The van der Waals surface area contributed by atoms with E-state index in [4.69, 9.17) is 5.73 Å². The molecule has 1 aromatic rings. The van der Waals surface area contributed by atoms with E-state index in [1.165, 1.54) is 5.56 Å². The van der Waals surface area contributed by atoms with Gasteiger partial charge in [-0.05, 0) is 41.8 Å². The van der Waals surface area contributed by atoms with Crippen LogP contribution in [-0.2, 0) is 4.79 Å². The highest BCUT2D eigenvalue weighted by molar-refractivity contribution is 7.07. The van der Waals surface area contributed by atoms with Crippen LogP contribution in [0.25, 0.3) is 0 Å².